The van der Waals surface area contributed by atoms with Crippen molar-refractivity contribution in [2.45, 2.75) is 53.5 Å². The molecule has 1 atom stereocenters. The molecule has 0 aliphatic carbocycles. The van der Waals surface area contributed by atoms with Crippen molar-refractivity contribution in [1.82, 2.24) is 4.98 Å². The van der Waals surface area contributed by atoms with E-state index < -0.39 is 0 Å². The first-order valence-electron chi connectivity index (χ1n) is 6.64. The minimum absolute atomic E-state index is 0.0222. The standard InChI is InChI=1S/C15H26N2/c1-10(2)8-13-6-7-14(12(5)16)17-15(13)9-11(3)4/h6-7,10-12H,8-9,16H2,1-5H3. The van der Waals surface area contributed by atoms with Crippen molar-refractivity contribution < 1.29 is 0 Å². The number of pyridine rings is 1. The Kier molecular flexibility index (Phi) is 5.13. The van der Waals surface area contributed by atoms with Crippen LogP contribution in [0.5, 0.6) is 0 Å². The van der Waals surface area contributed by atoms with Crippen molar-refractivity contribution in [2.24, 2.45) is 17.6 Å². The number of nitrogens with zero attached hydrogens (tertiary/aromatic N) is 1. The molecule has 2 heteroatoms. The molecule has 0 spiro atoms. The fourth-order valence-electron chi connectivity index (χ4n) is 1.99. The minimum Gasteiger partial charge on any atom is -0.323 e. The first-order valence-corrected chi connectivity index (χ1v) is 6.64. The highest BCUT2D eigenvalue weighted by molar-refractivity contribution is 5.25. The summed E-state index contributed by atoms with van der Waals surface area (Å²) in [6, 6.07) is 4.31. The zero-order chi connectivity index (χ0) is 13.0. The lowest BCUT2D eigenvalue weighted by atomic mass is 9.96. The van der Waals surface area contributed by atoms with Gasteiger partial charge >= 0.3 is 0 Å². The molecule has 0 bridgehead atoms. The van der Waals surface area contributed by atoms with E-state index in [-0.39, 0.29) is 6.04 Å². The summed E-state index contributed by atoms with van der Waals surface area (Å²) in [6.45, 7) is 11.0. The lowest BCUT2D eigenvalue weighted by Crippen LogP contribution is -2.12. The molecule has 0 saturated heterocycles. The monoisotopic (exact) mass is 234 g/mol. The fraction of sp³-hybridized carbons (Fsp3) is 0.667. The van der Waals surface area contributed by atoms with Crippen molar-refractivity contribution in [3.63, 3.8) is 0 Å². The van der Waals surface area contributed by atoms with Gasteiger partial charge in [-0.05, 0) is 43.2 Å². The molecule has 0 aliphatic heterocycles. The molecule has 0 aromatic carbocycles. The average Bonchev–Trinajstić information content (AvgIpc) is 2.18. The van der Waals surface area contributed by atoms with Crippen LogP contribution in [0.25, 0.3) is 0 Å². The highest BCUT2D eigenvalue weighted by Gasteiger charge is 2.11. The number of hydrogen-bond acceptors (Lipinski definition) is 2. The molecule has 0 amide bonds. The van der Waals surface area contributed by atoms with Crippen molar-refractivity contribution in [3.8, 4) is 0 Å². The van der Waals surface area contributed by atoms with E-state index in [0.29, 0.717) is 11.8 Å². The Hall–Kier alpha value is -0.890. The first-order chi connectivity index (χ1) is 7.90. The third kappa shape index (κ3) is 4.47. The van der Waals surface area contributed by atoms with Gasteiger partial charge in [0.25, 0.3) is 0 Å². The Labute approximate surface area is 106 Å². The Balaban J connectivity index is 3.03. The molecular weight excluding hydrogens is 208 g/mol. The zero-order valence-corrected chi connectivity index (χ0v) is 11.8. The van der Waals surface area contributed by atoms with Crippen LogP contribution in [0.1, 0.15) is 57.6 Å². The van der Waals surface area contributed by atoms with E-state index in [2.05, 4.69) is 39.8 Å². The van der Waals surface area contributed by atoms with E-state index in [1.807, 2.05) is 6.92 Å². The van der Waals surface area contributed by atoms with Gasteiger partial charge < -0.3 is 5.73 Å². The highest BCUT2D eigenvalue weighted by atomic mass is 14.8. The summed E-state index contributed by atoms with van der Waals surface area (Å²) in [5.41, 5.74) is 9.54. The van der Waals surface area contributed by atoms with Gasteiger partial charge in [-0.3, -0.25) is 4.98 Å². The maximum absolute atomic E-state index is 5.90. The van der Waals surface area contributed by atoms with E-state index in [4.69, 9.17) is 10.7 Å². The third-order valence-corrected chi connectivity index (χ3v) is 2.79. The summed E-state index contributed by atoms with van der Waals surface area (Å²) >= 11 is 0. The molecule has 1 rings (SSSR count). The van der Waals surface area contributed by atoms with E-state index in [9.17, 15) is 0 Å². The molecule has 96 valence electrons. The van der Waals surface area contributed by atoms with E-state index in [1.165, 1.54) is 11.3 Å². The van der Waals surface area contributed by atoms with Crippen LogP contribution in [0.15, 0.2) is 12.1 Å². The molecule has 0 saturated carbocycles. The van der Waals surface area contributed by atoms with Crippen LogP contribution in [0.3, 0.4) is 0 Å². The maximum Gasteiger partial charge on any atom is 0.0571 e. The minimum atomic E-state index is 0.0222. The topological polar surface area (TPSA) is 38.9 Å². The summed E-state index contributed by atoms with van der Waals surface area (Å²) in [7, 11) is 0. The van der Waals surface area contributed by atoms with Gasteiger partial charge in [0.05, 0.1) is 5.69 Å². The molecule has 0 fully saturated rings. The molecule has 1 aromatic rings. The number of hydrogen-bond donors (Lipinski definition) is 1. The van der Waals surface area contributed by atoms with E-state index in [0.717, 1.165) is 18.5 Å². The summed E-state index contributed by atoms with van der Waals surface area (Å²) in [4.78, 5) is 4.74. The van der Waals surface area contributed by atoms with Crippen molar-refractivity contribution >= 4 is 0 Å². The predicted molar refractivity (Wildman–Crippen MR) is 73.9 cm³/mol. The molecule has 0 aliphatic rings. The Bertz CT molecular complexity index is 354. The SMILES string of the molecule is CC(C)Cc1ccc(C(C)N)nc1CC(C)C. The van der Waals surface area contributed by atoms with Crippen LogP contribution in [-0.4, -0.2) is 4.98 Å². The smallest absolute Gasteiger partial charge is 0.0571 e. The normalized spacial score (nSPS) is 13.4. The maximum atomic E-state index is 5.90. The fourth-order valence-corrected chi connectivity index (χ4v) is 1.99. The molecule has 2 N–H and O–H groups in total. The lowest BCUT2D eigenvalue weighted by molar-refractivity contribution is 0.599. The average molecular weight is 234 g/mol. The van der Waals surface area contributed by atoms with Gasteiger partial charge in [0.2, 0.25) is 0 Å². The second kappa shape index (κ2) is 6.15. The molecular formula is C15H26N2. The molecule has 17 heavy (non-hydrogen) atoms. The van der Waals surface area contributed by atoms with Crippen LogP contribution >= 0.6 is 0 Å². The van der Waals surface area contributed by atoms with E-state index >= 15 is 0 Å². The second-order valence-corrected chi connectivity index (χ2v) is 5.83. The molecule has 1 unspecified atom stereocenters. The summed E-state index contributed by atoms with van der Waals surface area (Å²) in [5.74, 6) is 1.31. The van der Waals surface area contributed by atoms with Crippen LogP contribution in [0, 0.1) is 11.8 Å². The van der Waals surface area contributed by atoms with Crippen molar-refractivity contribution in [3.05, 3.63) is 29.1 Å². The largest absolute Gasteiger partial charge is 0.323 e. The zero-order valence-electron chi connectivity index (χ0n) is 11.8. The van der Waals surface area contributed by atoms with E-state index in [1.54, 1.807) is 0 Å². The van der Waals surface area contributed by atoms with Gasteiger partial charge in [-0.1, -0.05) is 33.8 Å². The van der Waals surface area contributed by atoms with Gasteiger partial charge in [0.1, 0.15) is 0 Å². The van der Waals surface area contributed by atoms with Gasteiger partial charge in [0.15, 0.2) is 0 Å². The van der Waals surface area contributed by atoms with Gasteiger partial charge in [-0.2, -0.15) is 0 Å². The quantitative estimate of drug-likeness (QED) is 0.847. The summed E-state index contributed by atoms with van der Waals surface area (Å²) < 4.78 is 0. The number of rotatable bonds is 5. The molecule has 1 aromatic heterocycles. The van der Waals surface area contributed by atoms with Crippen molar-refractivity contribution in [1.29, 1.82) is 0 Å². The predicted octanol–water partition coefficient (Wildman–Crippen LogP) is 3.50. The second-order valence-electron chi connectivity index (χ2n) is 5.83. The van der Waals surface area contributed by atoms with Crippen molar-refractivity contribution in [2.75, 3.05) is 0 Å². The third-order valence-electron chi connectivity index (χ3n) is 2.79. The molecule has 0 radical (unpaired) electrons. The summed E-state index contributed by atoms with van der Waals surface area (Å²) in [6.07, 6.45) is 2.15. The lowest BCUT2D eigenvalue weighted by Gasteiger charge is -2.15. The molecule has 1 heterocycles. The van der Waals surface area contributed by atoms with Crippen LogP contribution in [0.4, 0.5) is 0 Å². The Morgan fingerprint density at radius 1 is 1.00 bits per heavy atom. The van der Waals surface area contributed by atoms with Crippen LogP contribution in [0.2, 0.25) is 0 Å². The number of nitrogens with two attached hydrogens (primary N) is 1. The summed E-state index contributed by atoms with van der Waals surface area (Å²) in [5, 5.41) is 0. The highest BCUT2D eigenvalue weighted by Crippen LogP contribution is 2.18. The molecule has 2 nitrogen and oxygen atoms in total. The van der Waals surface area contributed by atoms with Gasteiger partial charge in [-0.15, -0.1) is 0 Å². The number of aromatic nitrogens is 1. The Morgan fingerprint density at radius 2 is 1.59 bits per heavy atom. The first kappa shape index (κ1) is 14.2. The van der Waals surface area contributed by atoms with Gasteiger partial charge in [-0.25, -0.2) is 0 Å². The van der Waals surface area contributed by atoms with Crippen LogP contribution in [-0.2, 0) is 12.8 Å². The van der Waals surface area contributed by atoms with Gasteiger partial charge in [0, 0.05) is 11.7 Å². The Morgan fingerprint density at radius 3 is 2.06 bits per heavy atom. The van der Waals surface area contributed by atoms with Crippen LogP contribution < -0.4 is 5.73 Å².